The standard InChI is InChI=1S/C59H44O2/c1-3-5-6-7-23-61-34(60)9-8-22-59(25-12-10-24(4-2)11-13-25)57-43-32-20-18-30-28-16-14-26-27-15-17-29-31-19-21-33-42-40(31)47-38(29)36(27)45-35(26)37(28)46-39(30)41(32)48-50(43)51(44(33)58(57)59)49(42)56-54(47)52(45)53(46)55(48)56/h4,10-21,26-28,30,35-37,39,57-58H,2-3,5-9,22-23H2,1H3. The van der Waals surface area contributed by atoms with Gasteiger partial charge in [-0.15, -0.1) is 0 Å². The van der Waals surface area contributed by atoms with E-state index in [1.54, 1.807) is 92.1 Å². The molecule has 0 aliphatic heterocycles. The highest BCUT2D eigenvalue weighted by Crippen LogP contribution is 2.81. The molecule has 0 bridgehead atoms. The molecule has 292 valence electrons. The average Bonchev–Trinajstić information content (AvgIpc) is 3.90. The van der Waals surface area contributed by atoms with Crippen molar-refractivity contribution in [3.63, 3.8) is 0 Å². The quantitative estimate of drug-likeness (QED) is 0.0565. The van der Waals surface area contributed by atoms with E-state index in [0.717, 1.165) is 25.7 Å². The Labute approximate surface area is 353 Å². The fourth-order valence-electron chi connectivity index (χ4n) is 18.3. The van der Waals surface area contributed by atoms with E-state index < -0.39 is 0 Å². The van der Waals surface area contributed by atoms with Crippen LogP contribution in [0.3, 0.4) is 0 Å². The van der Waals surface area contributed by atoms with Crippen LogP contribution in [0.4, 0.5) is 0 Å². The van der Waals surface area contributed by atoms with Crippen molar-refractivity contribution in [2.45, 2.75) is 81.0 Å². The number of carbonyl (C=O) groups is 1. The Balaban J connectivity index is 0.970. The van der Waals surface area contributed by atoms with Crippen molar-refractivity contribution in [3.05, 3.63) is 122 Å². The number of fused-ring (bicyclic) bond motifs is 8. The van der Waals surface area contributed by atoms with Crippen LogP contribution in [-0.2, 0) is 14.9 Å². The normalized spacial score (nSPS) is 33.1. The molecule has 0 saturated heterocycles. The SMILES string of the molecule is C=Cc1ccc(C2(CCCC(=O)OCCCCCC)C3c4c5c6c7c4c4c(c8ccc9c%10c%11c%12c%13c%14c(c7c%13c4c8c9%12)=C4C6C(C=C5)C5C=CC6C(C=C%10)C%11C=%14C6C45)C32)cc1. The second kappa shape index (κ2) is 9.61. The molecule has 11 atom stereocenters. The van der Waals surface area contributed by atoms with E-state index in [1.807, 2.05) is 17.2 Å². The van der Waals surface area contributed by atoms with Gasteiger partial charge in [0.25, 0.3) is 0 Å². The van der Waals surface area contributed by atoms with E-state index in [4.69, 9.17) is 4.74 Å². The lowest BCUT2D eigenvalue weighted by Gasteiger charge is -2.38. The molecule has 18 rings (SSSR count). The zero-order chi connectivity index (χ0) is 39.3. The molecule has 3 fully saturated rings. The van der Waals surface area contributed by atoms with Crippen LogP contribution in [0, 0.1) is 35.5 Å². The van der Waals surface area contributed by atoms with Gasteiger partial charge in [0, 0.05) is 35.5 Å². The molecular weight excluding hydrogens is 741 g/mol. The molecule has 2 nitrogen and oxygen atoms in total. The topological polar surface area (TPSA) is 26.3 Å². The van der Waals surface area contributed by atoms with Crippen LogP contribution in [0.1, 0.15) is 120 Å². The highest BCUT2D eigenvalue weighted by atomic mass is 16.5. The zero-order valence-electron chi connectivity index (χ0n) is 34.5. The molecule has 0 amide bonds. The van der Waals surface area contributed by atoms with Crippen molar-refractivity contribution in [2.24, 2.45) is 35.5 Å². The third-order valence-electron chi connectivity index (χ3n) is 19.8. The zero-order valence-corrected chi connectivity index (χ0v) is 34.5. The highest BCUT2D eigenvalue weighted by Gasteiger charge is 2.71. The molecule has 0 radical (unpaired) electrons. The van der Waals surface area contributed by atoms with Gasteiger partial charge < -0.3 is 4.74 Å². The van der Waals surface area contributed by atoms with Gasteiger partial charge in [-0.05, 0) is 185 Å². The predicted molar refractivity (Wildman–Crippen MR) is 249 cm³/mol. The molecule has 0 spiro atoms. The second-order valence-electron chi connectivity index (χ2n) is 21.4. The molecule has 61 heavy (non-hydrogen) atoms. The molecule has 0 N–H and O–H groups in total. The predicted octanol–water partition coefficient (Wildman–Crippen LogP) is 12.3. The van der Waals surface area contributed by atoms with Crippen molar-refractivity contribution >= 4 is 100.0 Å². The van der Waals surface area contributed by atoms with Gasteiger partial charge in [-0.3, -0.25) is 4.79 Å². The van der Waals surface area contributed by atoms with Gasteiger partial charge in [0.15, 0.2) is 0 Å². The van der Waals surface area contributed by atoms with E-state index in [2.05, 4.69) is 86.4 Å². The van der Waals surface area contributed by atoms with Crippen molar-refractivity contribution in [3.8, 4) is 0 Å². The number of carbonyl (C=O) groups excluding carboxylic acids is 1. The van der Waals surface area contributed by atoms with Crippen molar-refractivity contribution in [1.82, 2.24) is 0 Å². The summed E-state index contributed by atoms with van der Waals surface area (Å²) in [4.78, 5) is 13.4. The molecule has 11 unspecified atom stereocenters. The van der Waals surface area contributed by atoms with Gasteiger partial charge in [-0.2, -0.15) is 0 Å². The average molecular weight is 785 g/mol. The number of hydrogen-bond acceptors (Lipinski definition) is 2. The summed E-state index contributed by atoms with van der Waals surface area (Å²) in [7, 11) is 0. The first-order chi connectivity index (χ1) is 30.2. The van der Waals surface area contributed by atoms with Crippen LogP contribution in [0.15, 0.2) is 67.3 Å². The van der Waals surface area contributed by atoms with Crippen LogP contribution in [-0.4, -0.2) is 12.6 Å². The minimum atomic E-state index is -0.107. The van der Waals surface area contributed by atoms with Gasteiger partial charge >= 0.3 is 5.97 Å². The minimum absolute atomic E-state index is 0.0233. The molecule has 8 aromatic rings. The summed E-state index contributed by atoms with van der Waals surface area (Å²) < 4.78 is 5.87. The maximum absolute atomic E-state index is 13.4. The third-order valence-corrected chi connectivity index (χ3v) is 19.8. The molecule has 8 aromatic carbocycles. The van der Waals surface area contributed by atoms with E-state index in [9.17, 15) is 4.79 Å². The Morgan fingerprint density at radius 2 is 1.25 bits per heavy atom. The van der Waals surface area contributed by atoms with E-state index >= 15 is 0 Å². The first-order valence-electron chi connectivity index (χ1n) is 24.0. The summed E-state index contributed by atoms with van der Waals surface area (Å²) in [6, 6.07) is 14.6. The van der Waals surface area contributed by atoms with Crippen molar-refractivity contribution in [2.75, 3.05) is 6.61 Å². The summed E-state index contributed by atoms with van der Waals surface area (Å²) >= 11 is 0. The maximum atomic E-state index is 13.4. The number of allylic oxidation sites excluding steroid dienone is 4. The van der Waals surface area contributed by atoms with E-state index in [1.165, 1.54) is 40.3 Å². The smallest absolute Gasteiger partial charge is 0.305 e. The monoisotopic (exact) mass is 784 g/mol. The van der Waals surface area contributed by atoms with Crippen LogP contribution in [0.5, 0.6) is 0 Å². The lowest BCUT2D eigenvalue weighted by Crippen LogP contribution is -2.42. The van der Waals surface area contributed by atoms with Crippen molar-refractivity contribution < 1.29 is 9.53 Å². The molecule has 10 aliphatic rings. The Hall–Kier alpha value is -5.47. The summed E-state index contributed by atoms with van der Waals surface area (Å²) in [5.74, 6) is 5.21. The van der Waals surface area contributed by atoms with Crippen LogP contribution in [0.25, 0.3) is 94.0 Å². The largest absolute Gasteiger partial charge is 0.466 e. The fourth-order valence-corrected chi connectivity index (χ4v) is 18.3. The fraction of sp³-hybridized carbons (Fsp3) is 0.339. The highest BCUT2D eigenvalue weighted by molar-refractivity contribution is 6.50. The molecule has 0 heterocycles. The van der Waals surface area contributed by atoms with Gasteiger partial charge in [-0.25, -0.2) is 0 Å². The second-order valence-corrected chi connectivity index (χ2v) is 21.4. The van der Waals surface area contributed by atoms with Crippen LogP contribution in [0.2, 0.25) is 0 Å². The van der Waals surface area contributed by atoms with Crippen molar-refractivity contribution in [1.29, 1.82) is 0 Å². The minimum Gasteiger partial charge on any atom is -0.466 e. The van der Waals surface area contributed by atoms with Crippen LogP contribution < -0.4 is 10.4 Å². The van der Waals surface area contributed by atoms with E-state index in [0.29, 0.717) is 72.2 Å². The van der Waals surface area contributed by atoms with Crippen LogP contribution >= 0.6 is 0 Å². The first-order valence-corrected chi connectivity index (χ1v) is 24.0. The number of ether oxygens (including phenoxy) is 1. The number of rotatable bonds is 11. The van der Waals surface area contributed by atoms with Gasteiger partial charge in [0.1, 0.15) is 0 Å². The van der Waals surface area contributed by atoms with Gasteiger partial charge in [0.05, 0.1) is 6.61 Å². The third kappa shape index (κ3) is 2.88. The number of benzene rings is 4. The Morgan fingerprint density at radius 3 is 1.98 bits per heavy atom. The summed E-state index contributed by atoms with van der Waals surface area (Å²) in [5, 5.41) is 22.8. The lowest BCUT2D eigenvalue weighted by molar-refractivity contribution is -0.143. The number of unbranched alkanes of at least 4 members (excludes halogenated alkanes) is 3. The number of hydrogen-bond donors (Lipinski definition) is 0. The van der Waals surface area contributed by atoms with Gasteiger partial charge in [0.2, 0.25) is 0 Å². The maximum Gasteiger partial charge on any atom is 0.305 e. The summed E-state index contributed by atoms with van der Waals surface area (Å²) in [5.41, 5.74) is 16.1. The molecule has 2 heteroatoms. The molecule has 10 aliphatic carbocycles. The lowest BCUT2D eigenvalue weighted by atomic mass is 9.66. The first kappa shape index (κ1) is 31.4. The van der Waals surface area contributed by atoms with E-state index in [-0.39, 0.29) is 11.4 Å². The Morgan fingerprint density at radius 1 is 0.623 bits per heavy atom. The van der Waals surface area contributed by atoms with Gasteiger partial charge in [-0.1, -0.05) is 112 Å². The summed E-state index contributed by atoms with van der Waals surface area (Å²) in [6.07, 6.45) is 24.9. The molecular formula is C59H44O2. The Bertz CT molecular complexity index is 3740. The molecule has 0 aromatic heterocycles. The summed E-state index contributed by atoms with van der Waals surface area (Å²) in [6.45, 7) is 6.92. The number of esters is 1. The molecule has 3 saturated carbocycles. The Kier molecular flexibility index (Phi) is 4.94.